The lowest BCUT2D eigenvalue weighted by Gasteiger charge is -2.53. The van der Waals surface area contributed by atoms with E-state index in [0.717, 1.165) is 11.8 Å². The van der Waals surface area contributed by atoms with Crippen molar-refractivity contribution in [2.24, 2.45) is 23.7 Å². The van der Waals surface area contributed by atoms with Gasteiger partial charge < -0.3 is 0 Å². The number of fused-ring (bicyclic) bond motifs is 33. The zero-order valence-corrected chi connectivity index (χ0v) is 56.6. The highest BCUT2D eigenvalue weighted by Crippen LogP contribution is 2.79. The second kappa shape index (κ2) is 31.2. The predicted molar refractivity (Wildman–Crippen MR) is 399 cm³/mol. The van der Waals surface area contributed by atoms with Crippen molar-refractivity contribution in [1.82, 2.24) is 0 Å². The van der Waals surface area contributed by atoms with Gasteiger partial charge in [-0.25, -0.2) is 0 Å². The minimum Gasteiger partial charge on any atom is -0.0776 e. The second-order valence-electron chi connectivity index (χ2n) is 24.5. The fourth-order valence-electron chi connectivity index (χ4n) is 17.6. The third-order valence-electron chi connectivity index (χ3n) is 19.5. The molecule has 8 aliphatic rings. The molecule has 0 bridgehead atoms. The van der Waals surface area contributed by atoms with Gasteiger partial charge in [0, 0.05) is 0 Å². The lowest BCUT2D eigenvalue weighted by atomic mass is 9.49. The van der Waals surface area contributed by atoms with Crippen molar-refractivity contribution in [2.45, 2.75) is 199 Å². The molecule has 90 heavy (non-hydrogen) atoms. The van der Waals surface area contributed by atoms with E-state index in [4.69, 9.17) is 0 Å². The van der Waals surface area contributed by atoms with Crippen LogP contribution in [-0.2, 0) is 23.7 Å². The van der Waals surface area contributed by atoms with E-state index in [1.54, 1.807) is 50.1 Å². The minimum absolute atomic E-state index is 0. The molecule has 2 fully saturated rings. The molecule has 0 radical (unpaired) electrons. The fourth-order valence-corrected chi connectivity index (χ4v) is 17.6. The van der Waals surface area contributed by atoms with Crippen molar-refractivity contribution in [2.75, 3.05) is 0 Å². The Hall–Kier alpha value is -7.28. The first-order valence-corrected chi connectivity index (χ1v) is 35.0. The minimum atomic E-state index is -0.0767. The van der Waals surface area contributed by atoms with Crippen LogP contribution in [0.5, 0.6) is 0 Å². The quantitative estimate of drug-likeness (QED) is 0.142. The van der Waals surface area contributed by atoms with Crippen LogP contribution < -0.4 is 0 Å². The number of rotatable bonds is 0. The number of benzene rings is 10. The molecule has 4 unspecified atom stereocenters. The average Bonchev–Trinajstić information content (AvgIpc) is 1.49. The van der Waals surface area contributed by atoms with Crippen molar-refractivity contribution in [3.63, 3.8) is 0 Å². The molecule has 0 N–H and O–H groups in total. The topological polar surface area (TPSA) is 0 Å². The molecule has 472 valence electrons. The van der Waals surface area contributed by atoms with Crippen LogP contribution in [0.1, 0.15) is 242 Å². The Labute approximate surface area is 548 Å². The van der Waals surface area contributed by atoms with Crippen LogP contribution in [0.3, 0.4) is 0 Å². The van der Waals surface area contributed by atoms with Gasteiger partial charge in [-0.05, 0) is 183 Å². The summed E-state index contributed by atoms with van der Waals surface area (Å²) < 4.78 is 0. The van der Waals surface area contributed by atoms with Gasteiger partial charge in [0.15, 0.2) is 0 Å². The maximum atomic E-state index is 2.54. The molecule has 0 heterocycles. The highest BCUT2D eigenvalue weighted by atomic mass is 14.7. The lowest BCUT2D eigenvalue weighted by molar-refractivity contribution is 0.0895. The average molecular weight is 1190 g/mol. The zero-order chi connectivity index (χ0) is 62.9. The molecule has 18 rings (SSSR count). The van der Waals surface area contributed by atoms with Crippen LogP contribution in [-0.4, -0.2) is 0 Å². The molecule has 8 aliphatic carbocycles. The molecule has 10 aromatic rings. The Bertz CT molecular complexity index is 3890. The molecule has 0 aromatic heterocycles. The Balaban J connectivity index is 0.000000196. The van der Waals surface area contributed by atoms with Gasteiger partial charge in [-0.2, -0.15) is 0 Å². The van der Waals surface area contributed by atoms with E-state index in [0.29, 0.717) is 35.5 Å². The maximum absolute atomic E-state index is 2.54. The van der Waals surface area contributed by atoms with Gasteiger partial charge in [-0.1, -0.05) is 358 Å². The number of hydrogen-bond acceptors (Lipinski definition) is 0. The van der Waals surface area contributed by atoms with Crippen LogP contribution in [0.2, 0.25) is 0 Å². The fraction of sp³-hybridized carbons (Fsp3) is 0.378. The van der Waals surface area contributed by atoms with Gasteiger partial charge in [0.2, 0.25) is 0 Å². The van der Waals surface area contributed by atoms with Gasteiger partial charge in [0.1, 0.15) is 0 Å². The summed E-state index contributed by atoms with van der Waals surface area (Å²) >= 11 is 0. The molecular formula is C90H112. The van der Waals surface area contributed by atoms with E-state index < -0.39 is 0 Å². The summed E-state index contributed by atoms with van der Waals surface area (Å²) in [5.74, 6) is 5.17. The SMILES string of the molecule is C.C.CC.CC.CC.CC.CCC.CCC.CCC.CCC.c1ccc2c(c1)C[C@@H]1C2[C@H]2[C@@H]1c1ccccc1C21c2ccccc2-c2cc3ccccc3cc21.c1ccc2c(c1)C[C@@H]1C2[C@H]2[C@@H]1c1ccccc1C21c2ccccc2-c2ccc3ccccc3c21. The van der Waals surface area contributed by atoms with Gasteiger partial charge in [0.25, 0.3) is 0 Å². The molecule has 0 heteroatoms. The van der Waals surface area contributed by atoms with E-state index in [1.165, 1.54) is 99.0 Å². The first kappa shape index (κ1) is 70.2. The Morgan fingerprint density at radius 3 is 1.11 bits per heavy atom. The van der Waals surface area contributed by atoms with Crippen LogP contribution in [0.25, 0.3) is 43.8 Å². The maximum Gasteiger partial charge on any atom is 0.0512 e. The van der Waals surface area contributed by atoms with Crippen LogP contribution >= 0.6 is 0 Å². The standard InChI is InChI=1S/2C34H24.4C3H8.4C2H6.2CH4/c1-4-12-23-20(9-1)17-18-25-24-13-5-7-15-28(24)34(32(23)25)29-16-8-6-14-26(29)31-27-19-21-10-2-3-11-22(21)30(27)33(31)34;1-2-10-21-19-30-26(17-20(21)9-1)24-13-5-7-15-28(24)34(30)29-16-8-6-14-25(29)32-27-18-22-11-3-4-12-23(22)31(27)33(32)34;4*1-3-2;4*1-2;;/h1-18,27,30-31,33H,19H2;1-17,19,27,31-33H,18H2;4*3H2,1-2H3;4*1-2H3;2*1H4/t27-,30?,31-,33+,34?;27-,31?,32-,33+,34?;;;;;;;;;;/m11........../s1. The van der Waals surface area contributed by atoms with Gasteiger partial charge in [-0.3, -0.25) is 0 Å². The predicted octanol–water partition coefficient (Wildman–Crippen LogP) is 26.7. The van der Waals surface area contributed by atoms with Crippen molar-refractivity contribution >= 4 is 21.5 Å². The largest absolute Gasteiger partial charge is 0.0776 e. The Morgan fingerprint density at radius 1 is 0.289 bits per heavy atom. The van der Waals surface area contributed by atoms with E-state index >= 15 is 0 Å². The lowest BCUT2D eigenvalue weighted by Crippen LogP contribution is -2.48. The van der Waals surface area contributed by atoms with Crippen LogP contribution in [0, 0.1) is 23.7 Å². The molecule has 0 amide bonds. The van der Waals surface area contributed by atoms with E-state index in [-0.39, 0.29) is 25.7 Å². The summed E-state index contributed by atoms with van der Waals surface area (Å²) in [4.78, 5) is 0. The van der Waals surface area contributed by atoms with Crippen molar-refractivity contribution in [3.8, 4) is 22.3 Å². The highest BCUT2D eigenvalue weighted by molar-refractivity contribution is 6.00. The third kappa shape index (κ3) is 10.8. The van der Waals surface area contributed by atoms with Crippen molar-refractivity contribution in [3.05, 3.63) is 285 Å². The second-order valence-corrected chi connectivity index (χ2v) is 24.5. The van der Waals surface area contributed by atoms with Crippen LogP contribution in [0.15, 0.2) is 218 Å². The van der Waals surface area contributed by atoms with Crippen molar-refractivity contribution < 1.29 is 0 Å². The molecular weight excluding hydrogens is 1080 g/mol. The summed E-state index contributed by atoms with van der Waals surface area (Å²) in [5, 5.41) is 5.49. The normalized spacial score (nSPS) is 22.7. The summed E-state index contributed by atoms with van der Waals surface area (Å²) in [6, 6.07) is 83.8. The molecule has 0 nitrogen and oxygen atoms in total. The molecule has 0 saturated heterocycles. The van der Waals surface area contributed by atoms with E-state index in [1.807, 2.05) is 55.4 Å². The summed E-state index contributed by atoms with van der Waals surface area (Å²) in [7, 11) is 0. The first-order chi connectivity index (χ1) is 43.4. The zero-order valence-electron chi connectivity index (χ0n) is 56.6. The Morgan fingerprint density at radius 2 is 0.622 bits per heavy atom. The summed E-state index contributed by atoms with van der Waals surface area (Å²) in [5.41, 5.74) is 24.6. The monoisotopic (exact) mass is 1190 g/mol. The molecule has 10 atom stereocenters. The van der Waals surface area contributed by atoms with Gasteiger partial charge in [-0.15, -0.1) is 0 Å². The van der Waals surface area contributed by atoms with E-state index in [2.05, 4.69) is 274 Å². The highest BCUT2D eigenvalue weighted by Gasteiger charge is 2.71. The molecule has 10 aromatic carbocycles. The van der Waals surface area contributed by atoms with E-state index in [9.17, 15) is 0 Å². The van der Waals surface area contributed by atoms with Gasteiger partial charge >= 0.3 is 0 Å². The molecule has 0 aliphatic heterocycles. The molecule has 2 saturated carbocycles. The summed E-state index contributed by atoms with van der Waals surface area (Å²) in [6.07, 6.45) is 7.47. The smallest absolute Gasteiger partial charge is 0.0512 e. The number of hydrogen-bond donors (Lipinski definition) is 0. The van der Waals surface area contributed by atoms with Crippen LogP contribution in [0.4, 0.5) is 0 Å². The van der Waals surface area contributed by atoms with Crippen molar-refractivity contribution in [1.29, 1.82) is 0 Å². The molecule has 2 spiro atoms. The van der Waals surface area contributed by atoms with Gasteiger partial charge in [0.05, 0.1) is 10.8 Å². The first-order valence-electron chi connectivity index (χ1n) is 35.0. The Kier molecular flexibility index (Phi) is 24.3. The summed E-state index contributed by atoms with van der Waals surface area (Å²) in [6.45, 7) is 33.0. The third-order valence-corrected chi connectivity index (χ3v) is 19.5.